The van der Waals surface area contributed by atoms with Crippen molar-refractivity contribution in [2.75, 3.05) is 20.0 Å². The molecule has 1 fully saturated rings. The molecule has 1 aliphatic carbocycles. The SMILES string of the molecule is COC(OC)c1ccc(SCC2CCCC2)cc1. The van der Waals surface area contributed by atoms with Crippen LogP contribution in [-0.4, -0.2) is 20.0 Å². The molecule has 0 bridgehead atoms. The van der Waals surface area contributed by atoms with Gasteiger partial charge in [0.05, 0.1) is 0 Å². The summed E-state index contributed by atoms with van der Waals surface area (Å²) in [5.41, 5.74) is 1.07. The van der Waals surface area contributed by atoms with Crippen molar-refractivity contribution < 1.29 is 9.47 Å². The third kappa shape index (κ3) is 3.74. The van der Waals surface area contributed by atoms with Crippen molar-refractivity contribution in [3.63, 3.8) is 0 Å². The van der Waals surface area contributed by atoms with E-state index < -0.39 is 0 Å². The molecule has 0 spiro atoms. The van der Waals surface area contributed by atoms with Crippen LogP contribution in [0.4, 0.5) is 0 Å². The molecule has 0 atom stereocenters. The zero-order valence-corrected chi connectivity index (χ0v) is 12.0. The molecule has 0 aromatic heterocycles. The van der Waals surface area contributed by atoms with Crippen LogP contribution in [0.15, 0.2) is 29.2 Å². The summed E-state index contributed by atoms with van der Waals surface area (Å²) >= 11 is 1.97. The molecule has 1 aliphatic rings. The van der Waals surface area contributed by atoms with E-state index in [1.165, 1.54) is 36.3 Å². The highest BCUT2D eigenvalue weighted by Gasteiger charge is 2.15. The number of methoxy groups -OCH3 is 2. The van der Waals surface area contributed by atoms with E-state index in [9.17, 15) is 0 Å². The summed E-state index contributed by atoms with van der Waals surface area (Å²) in [7, 11) is 3.33. The number of hydrogen-bond acceptors (Lipinski definition) is 3. The monoisotopic (exact) mass is 266 g/mol. The minimum atomic E-state index is -0.251. The molecule has 1 saturated carbocycles. The first-order valence-electron chi connectivity index (χ1n) is 6.62. The standard InChI is InChI=1S/C15H22O2S/c1-16-15(17-2)13-7-9-14(10-8-13)18-11-12-5-3-4-6-12/h7-10,12,15H,3-6,11H2,1-2H3. The summed E-state index contributed by atoms with van der Waals surface area (Å²) in [5.74, 6) is 2.19. The maximum absolute atomic E-state index is 5.24. The van der Waals surface area contributed by atoms with Crippen molar-refractivity contribution >= 4 is 11.8 Å². The second kappa shape index (κ2) is 7.17. The Morgan fingerprint density at radius 3 is 2.28 bits per heavy atom. The van der Waals surface area contributed by atoms with Gasteiger partial charge in [0.15, 0.2) is 6.29 Å². The first-order valence-corrected chi connectivity index (χ1v) is 7.60. The summed E-state index contributed by atoms with van der Waals surface area (Å²) in [6.45, 7) is 0. The molecule has 0 radical (unpaired) electrons. The maximum Gasteiger partial charge on any atom is 0.183 e. The topological polar surface area (TPSA) is 18.5 Å². The molecule has 0 unspecified atom stereocenters. The van der Waals surface area contributed by atoms with Crippen LogP contribution >= 0.6 is 11.8 Å². The molecule has 0 amide bonds. The van der Waals surface area contributed by atoms with Crippen LogP contribution < -0.4 is 0 Å². The number of rotatable bonds is 6. The molecule has 0 heterocycles. The van der Waals surface area contributed by atoms with Crippen LogP contribution in [0.3, 0.4) is 0 Å². The minimum absolute atomic E-state index is 0.251. The normalized spacial score (nSPS) is 16.6. The van der Waals surface area contributed by atoms with Gasteiger partial charge in [-0.25, -0.2) is 0 Å². The van der Waals surface area contributed by atoms with Gasteiger partial charge in [0.25, 0.3) is 0 Å². The van der Waals surface area contributed by atoms with Gasteiger partial charge in [-0.2, -0.15) is 0 Å². The van der Waals surface area contributed by atoms with E-state index >= 15 is 0 Å². The van der Waals surface area contributed by atoms with Gasteiger partial charge in [0.1, 0.15) is 0 Å². The number of thioether (sulfide) groups is 1. The third-order valence-electron chi connectivity index (χ3n) is 3.54. The van der Waals surface area contributed by atoms with Crippen LogP contribution in [0.25, 0.3) is 0 Å². The predicted octanol–water partition coefficient (Wildman–Crippen LogP) is 4.26. The van der Waals surface area contributed by atoms with E-state index in [1.54, 1.807) is 14.2 Å². The summed E-state index contributed by atoms with van der Waals surface area (Å²) in [6, 6.07) is 8.52. The summed E-state index contributed by atoms with van der Waals surface area (Å²) in [6.07, 6.45) is 5.43. The predicted molar refractivity (Wildman–Crippen MR) is 75.9 cm³/mol. The van der Waals surface area contributed by atoms with Gasteiger partial charge < -0.3 is 9.47 Å². The minimum Gasteiger partial charge on any atom is -0.352 e. The smallest absolute Gasteiger partial charge is 0.183 e. The van der Waals surface area contributed by atoms with Gasteiger partial charge in [-0.3, -0.25) is 0 Å². The van der Waals surface area contributed by atoms with Crippen LogP contribution in [-0.2, 0) is 9.47 Å². The summed E-state index contributed by atoms with van der Waals surface area (Å²) < 4.78 is 10.5. The molecular weight excluding hydrogens is 244 g/mol. The Hall–Kier alpha value is -0.510. The van der Waals surface area contributed by atoms with Gasteiger partial charge in [-0.1, -0.05) is 25.0 Å². The Kier molecular flexibility index (Phi) is 5.54. The molecule has 2 nitrogen and oxygen atoms in total. The average molecular weight is 266 g/mol. The van der Waals surface area contributed by atoms with E-state index in [4.69, 9.17) is 9.47 Å². The van der Waals surface area contributed by atoms with E-state index in [-0.39, 0.29) is 6.29 Å². The molecule has 18 heavy (non-hydrogen) atoms. The van der Waals surface area contributed by atoms with Crippen LogP contribution in [0.2, 0.25) is 0 Å². The van der Waals surface area contributed by atoms with Gasteiger partial charge in [0, 0.05) is 30.4 Å². The second-order valence-corrected chi connectivity index (χ2v) is 5.93. The Balaban J connectivity index is 1.86. The quantitative estimate of drug-likeness (QED) is 0.566. The van der Waals surface area contributed by atoms with Crippen molar-refractivity contribution in [3.8, 4) is 0 Å². The second-order valence-electron chi connectivity index (χ2n) is 4.83. The first-order chi connectivity index (χ1) is 8.83. The Bertz CT molecular complexity index is 340. The summed E-state index contributed by atoms with van der Waals surface area (Å²) in [5, 5.41) is 0. The number of benzene rings is 1. The molecule has 1 aromatic rings. The van der Waals surface area contributed by atoms with Gasteiger partial charge in [0.2, 0.25) is 0 Å². The fraction of sp³-hybridized carbons (Fsp3) is 0.600. The maximum atomic E-state index is 5.24. The Morgan fingerprint density at radius 2 is 1.72 bits per heavy atom. The lowest BCUT2D eigenvalue weighted by atomic mass is 10.1. The number of hydrogen-bond donors (Lipinski definition) is 0. The zero-order valence-electron chi connectivity index (χ0n) is 11.2. The fourth-order valence-corrected chi connectivity index (χ4v) is 3.57. The zero-order chi connectivity index (χ0) is 12.8. The van der Waals surface area contributed by atoms with E-state index in [0.717, 1.165) is 11.5 Å². The van der Waals surface area contributed by atoms with Crippen LogP contribution in [0.1, 0.15) is 37.5 Å². The fourth-order valence-electron chi connectivity index (χ4n) is 2.48. The van der Waals surface area contributed by atoms with Gasteiger partial charge in [-0.05, 0) is 30.9 Å². The summed E-state index contributed by atoms with van der Waals surface area (Å²) in [4.78, 5) is 1.34. The largest absolute Gasteiger partial charge is 0.352 e. The van der Waals surface area contributed by atoms with Crippen molar-refractivity contribution in [1.29, 1.82) is 0 Å². The van der Waals surface area contributed by atoms with Crippen LogP contribution in [0.5, 0.6) is 0 Å². The van der Waals surface area contributed by atoms with E-state index in [1.807, 2.05) is 11.8 Å². The lowest BCUT2D eigenvalue weighted by molar-refractivity contribution is -0.106. The van der Waals surface area contributed by atoms with Gasteiger partial charge >= 0.3 is 0 Å². The molecule has 3 heteroatoms. The van der Waals surface area contributed by atoms with Crippen molar-refractivity contribution in [3.05, 3.63) is 29.8 Å². The van der Waals surface area contributed by atoms with Crippen molar-refractivity contribution in [1.82, 2.24) is 0 Å². The molecule has 0 saturated heterocycles. The van der Waals surface area contributed by atoms with Crippen molar-refractivity contribution in [2.24, 2.45) is 5.92 Å². The molecule has 0 aliphatic heterocycles. The highest BCUT2D eigenvalue weighted by Crippen LogP contribution is 2.31. The Labute approximate surface area is 114 Å². The lowest BCUT2D eigenvalue weighted by Crippen LogP contribution is -2.03. The molecular formula is C15H22O2S. The number of ether oxygens (including phenoxy) is 2. The molecule has 1 aromatic carbocycles. The molecule has 0 N–H and O–H groups in total. The third-order valence-corrected chi connectivity index (χ3v) is 4.78. The highest BCUT2D eigenvalue weighted by atomic mass is 32.2. The lowest BCUT2D eigenvalue weighted by Gasteiger charge is -2.14. The first kappa shape index (κ1) is 13.9. The average Bonchev–Trinajstić information content (AvgIpc) is 2.92. The van der Waals surface area contributed by atoms with Gasteiger partial charge in [-0.15, -0.1) is 11.8 Å². The van der Waals surface area contributed by atoms with E-state index in [2.05, 4.69) is 24.3 Å². The highest BCUT2D eigenvalue weighted by molar-refractivity contribution is 7.99. The molecule has 2 rings (SSSR count). The van der Waals surface area contributed by atoms with Crippen molar-refractivity contribution in [2.45, 2.75) is 36.9 Å². The molecule has 100 valence electrons. The van der Waals surface area contributed by atoms with Crippen LogP contribution in [0, 0.1) is 5.92 Å². The Morgan fingerprint density at radius 1 is 1.11 bits per heavy atom. The van der Waals surface area contributed by atoms with E-state index in [0.29, 0.717) is 0 Å².